The molecule has 3 aromatic rings. The van der Waals surface area contributed by atoms with Gasteiger partial charge < -0.3 is 5.32 Å². The predicted octanol–water partition coefficient (Wildman–Crippen LogP) is 3.15. The molecule has 0 fully saturated rings. The van der Waals surface area contributed by atoms with Gasteiger partial charge in [-0.2, -0.15) is 5.10 Å². The van der Waals surface area contributed by atoms with Crippen LogP contribution in [0.5, 0.6) is 0 Å². The van der Waals surface area contributed by atoms with Crippen molar-refractivity contribution in [3.8, 4) is 0 Å². The third-order valence-electron chi connectivity index (χ3n) is 2.75. The van der Waals surface area contributed by atoms with Crippen molar-refractivity contribution in [1.82, 2.24) is 19.9 Å². The summed E-state index contributed by atoms with van der Waals surface area (Å²) >= 11 is 5.22. The lowest BCUT2D eigenvalue weighted by atomic mass is 10.3. The molecule has 0 spiro atoms. The van der Waals surface area contributed by atoms with Gasteiger partial charge in [0.2, 0.25) is 0 Å². The van der Waals surface area contributed by atoms with E-state index in [9.17, 15) is 0 Å². The van der Waals surface area contributed by atoms with Crippen molar-refractivity contribution in [2.75, 3.05) is 0 Å². The number of nitrogens with zero attached hydrogens (tertiary/aromatic N) is 3. The van der Waals surface area contributed by atoms with Gasteiger partial charge in [-0.05, 0) is 35.0 Å². The van der Waals surface area contributed by atoms with Crippen molar-refractivity contribution in [3.63, 3.8) is 0 Å². The molecule has 3 aromatic heterocycles. The van der Waals surface area contributed by atoms with Gasteiger partial charge in [0, 0.05) is 42.0 Å². The lowest BCUT2D eigenvalue weighted by Gasteiger charge is -2.03. The van der Waals surface area contributed by atoms with Crippen LogP contribution in [-0.2, 0) is 13.1 Å². The van der Waals surface area contributed by atoms with E-state index in [-0.39, 0.29) is 0 Å². The molecule has 1 N–H and O–H groups in total. The maximum atomic E-state index is 4.39. The number of thiophene rings is 1. The van der Waals surface area contributed by atoms with Crippen LogP contribution in [0.3, 0.4) is 0 Å². The van der Waals surface area contributed by atoms with E-state index < -0.39 is 0 Å². The summed E-state index contributed by atoms with van der Waals surface area (Å²) in [7, 11) is 0. The van der Waals surface area contributed by atoms with Crippen LogP contribution in [0.2, 0.25) is 0 Å². The maximum Gasteiger partial charge on any atom is 0.155 e. The summed E-state index contributed by atoms with van der Waals surface area (Å²) in [6, 6.07) is 6.17. The van der Waals surface area contributed by atoms with Gasteiger partial charge in [0.25, 0.3) is 0 Å². The van der Waals surface area contributed by atoms with Crippen LogP contribution in [0.1, 0.15) is 16.1 Å². The minimum absolute atomic E-state index is 0.789. The van der Waals surface area contributed by atoms with Gasteiger partial charge >= 0.3 is 0 Å². The van der Waals surface area contributed by atoms with Crippen molar-refractivity contribution in [2.45, 2.75) is 20.0 Å². The SMILES string of the molecule is Cc1cc2ncc(CNCc3ccc(Br)s3)cn2n1. The Morgan fingerprint density at radius 3 is 3.05 bits per heavy atom. The third-order valence-corrected chi connectivity index (χ3v) is 4.37. The standard InChI is InChI=1S/C13H13BrN4S/c1-9-4-13-16-6-10(8-18(13)17-9)5-15-7-11-2-3-12(14)19-11/h2-4,6,8,15H,5,7H2,1H3. The molecule has 0 bridgehead atoms. The molecule has 98 valence electrons. The zero-order chi connectivity index (χ0) is 13.2. The summed E-state index contributed by atoms with van der Waals surface area (Å²) in [4.78, 5) is 5.70. The molecule has 19 heavy (non-hydrogen) atoms. The molecule has 0 aromatic carbocycles. The van der Waals surface area contributed by atoms with E-state index in [1.807, 2.05) is 29.9 Å². The molecular formula is C13H13BrN4S. The lowest BCUT2D eigenvalue weighted by molar-refractivity contribution is 0.692. The van der Waals surface area contributed by atoms with E-state index in [0.717, 1.165) is 30.0 Å². The highest BCUT2D eigenvalue weighted by atomic mass is 79.9. The number of hydrogen-bond acceptors (Lipinski definition) is 4. The second-order valence-electron chi connectivity index (χ2n) is 4.36. The minimum atomic E-state index is 0.789. The molecule has 0 amide bonds. The molecule has 3 heterocycles. The fraction of sp³-hybridized carbons (Fsp3) is 0.231. The molecular weight excluding hydrogens is 324 g/mol. The minimum Gasteiger partial charge on any atom is -0.308 e. The Morgan fingerprint density at radius 2 is 2.26 bits per heavy atom. The molecule has 0 radical (unpaired) electrons. The summed E-state index contributed by atoms with van der Waals surface area (Å²) in [5.41, 5.74) is 3.01. The smallest absolute Gasteiger partial charge is 0.155 e. The topological polar surface area (TPSA) is 42.2 Å². The van der Waals surface area contributed by atoms with Crippen LogP contribution in [-0.4, -0.2) is 14.6 Å². The normalized spacial score (nSPS) is 11.3. The van der Waals surface area contributed by atoms with Gasteiger partial charge in [-0.15, -0.1) is 11.3 Å². The Labute approximate surface area is 123 Å². The number of aryl methyl sites for hydroxylation is 1. The molecule has 6 heteroatoms. The Kier molecular flexibility index (Phi) is 3.63. The molecule has 0 saturated carbocycles. The number of rotatable bonds is 4. The largest absolute Gasteiger partial charge is 0.308 e. The number of aromatic nitrogens is 3. The van der Waals surface area contributed by atoms with E-state index >= 15 is 0 Å². The van der Waals surface area contributed by atoms with E-state index in [0.29, 0.717) is 0 Å². The average molecular weight is 337 g/mol. The van der Waals surface area contributed by atoms with Crippen LogP contribution < -0.4 is 5.32 Å². The Balaban J connectivity index is 1.64. The zero-order valence-corrected chi connectivity index (χ0v) is 12.8. The monoisotopic (exact) mass is 336 g/mol. The summed E-state index contributed by atoms with van der Waals surface area (Å²) in [6.07, 6.45) is 3.92. The number of halogens is 1. The first kappa shape index (κ1) is 12.8. The second kappa shape index (κ2) is 5.40. The van der Waals surface area contributed by atoms with E-state index in [2.05, 4.69) is 43.5 Å². The molecule has 3 rings (SSSR count). The summed E-state index contributed by atoms with van der Waals surface area (Å²) in [5, 5.41) is 7.78. The molecule has 0 saturated heterocycles. The zero-order valence-electron chi connectivity index (χ0n) is 10.4. The quantitative estimate of drug-likeness (QED) is 0.795. The predicted molar refractivity (Wildman–Crippen MR) is 80.3 cm³/mol. The van der Waals surface area contributed by atoms with Crippen LogP contribution >= 0.6 is 27.3 Å². The van der Waals surface area contributed by atoms with Gasteiger partial charge in [0.05, 0.1) is 9.48 Å². The van der Waals surface area contributed by atoms with Crippen molar-refractivity contribution < 1.29 is 0 Å². The van der Waals surface area contributed by atoms with Crippen LogP contribution in [0.15, 0.2) is 34.4 Å². The summed E-state index contributed by atoms with van der Waals surface area (Å²) in [6.45, 7) is 3.63. The third kappa shape index (κ3) is 3.02. The number of nitrogens with one attached hydrogen (secondary N) is 1. The maximum absolute atomic E-state index is 4.39. The van der Waals surface area contributed by atoms with Crippen LogP contribution in [0.25, 0.3) is 5.65 Å². The Bertz CT molecular complexity index is 704. The summed E-state index contributed by atoms with van der Waals surface area (Å²) in [5.74, 6) is 0. The fourth-order valence-corrected chi connectivity index (χ4v) is 3.35. The van der Waals surface area contributed by atoms with Crippen molar-refractivity contribution in [2.24, 2.45) is 0 Å². The van der Waals surface area contributed by atoms with Gasteiger partial charge in [-0.1, -0.05) is 0 Å². The molecule has 4 nitrogen and oxygen atoms in total. The van der Waals surface area contributed by atoms with Gasteiger partial charge in [-0.3, -0.25) is 0 Å². The van der Waals surface area contributed by atoms with Gasteiger partial charge in [-0.25, -0.2) is 9.50 Å². The van der Waals surface area contributed by atoms with E-state index in [1.165, 1.54) is 8.66 Å². The summed E-state index contributed by atoms with van der Waals surface area (Å²) < 4.78 is 2.99. The van der Waals surface area contributed by atoms with Crippen molar-refractivity contribution in [1.29, 1.82) is 0 Å². The molecule has 0 aliphatic carbocycles. The fourth-order valence-electron chi connectivity index (χ4n) is 1.90. The number of hydrogen-bond donors (Lipinski definition) is 1. The van der Waals surface area contributed by atoms with Crippen LogP contribution in [0, 0.1) is 6.92 Å². The first-order valence-corrected chi connectivity index (χ1v) is 7.57. The average Bonchev–Trinajstić information content (AvgIpc) is 2.94. The van der Waals surface area contributed by atoms with Crippen molar-refractivity contribution in [3.05, 3.63) is 50.5 Å². The molecule has 0 aliphatic heterocycles. The van der Waals surface area contributed by atoms with Crippen molar-refractivity contribution >= 4 is 32.9 Å². The highest BCUT2D eigenvalue weighted by molar-refractivity contribution is 9.11. The molecule has 0 unspecified atom stereocenters. The first-order valence-electron chi connectivity index (χ1n) is 5.96. The van der Waals surface area contributed by atoms with Crippen LogP contribution in [0.4, 0.5) is 0 Å². The first-order chi connectivity index (χ1) is 9.20. The Hall–Kier alpha value is -1.24. The Morgan fingerprint density at radius 1 is 1.37 bits per heavy atom. The molecule has 0 aliphatic rings. The highest BCUT2D eigenvalue weighted by Crippen LogP contribution is 2.21. The van der Waals surface area contributed by atoms with E-state index in [4.69, 9.17) is 0 Å². The van der Waals surface area contributed by atoms with E-state index in [1.54, 1.807) is 11.3 Å². The van der Waals surface area contributed by atoms with Gasteiger partial charge in [0.15, 0.2) is 5.65 Å². The second-order valence-corrected chi connectivity index (χ2v) is 6.91. The molecule has 0 atom stereocenters. The number of fused-ring (bicyclic) bond motifs is 1. The highest BCUT2D eigenvalue weighted by Gasteiger charge is 2.01. The lowest BCUT2D eigenvalue weighted by Crippen LogP contribution is -2.12. The van der Waals surface area contributed by atoms with Gasteiger partial charge in [0.1, 0.15) is 0 Å².